The van der Waals surface area contributed by atoms with Crippen LogP contribution in [0.25, 0.3) is 5.69 Å². The number of nitrogens with one attached hydrogen (secondary N) is 2. The van der Waals surface area contributed by atoms with Gasteiger partial charge in [0.2, 0.25) is 6.79 Å². The lowest BCUT2D eigenvalue weighted by atomic mass is 10.1. The molecular formula is C24H21N5O5S. The van der Waals surface area contributed by atoms with Gasteiger partial charge in [-0.25, -0.2) is 18.1 Å². The fourth-order valence-electron chi connectivity index (χ4n) is 3.60. The number of benzene rings is 3. The van der Waals surface area contributed by atoms with Crippen LogP contribution in [0.3, 0.4) is 0 Å². The topological polar surface area (TPSA) is 124 Å². The van der Waals surface area contributed by atoms with Crippen molar-refractivity contribution >= 4 is 21.6 Å². The van der Waals surface area contributed by atoms with E-state index in [9.17, 15) is 13.2 Å². The number of carbonyl (C=O) groups is 1. The summed E-state index contributed by atoms with van der Waals surface area (Å²) in [5.74, 6) is 0.619. The zero-order valence-corrected chi connectivity index (χ0v) is 19.4. The van der Waals surface area contributed by atoms with Gasteiger partial charge < -0.3 is 14.8 Å². The van der Waals surface area contributed by atoms with Gasteiger partial charge in [0.05, 0.1) is 22.3 Å². The molecule has 10 nitrogen and oxygen atoms in total. The summed E-state index contributed by atoms with van der Waals surface area (Å²) in [6.07, 6.45) is 3.05. The molecule has 2 N–H and O–H groups in total. The first-order valence-corrected chi connectivity index (χ1v) is 12.2. The van der Waals surface area contributed by atoms with Crippen LogP contribution in [0, 0.1) is 0 Å². The molecule has 2 heterocycles. The molecule has 3 aromatic carbocycles. The first-order valence-electron chi connectivity index (χ1n) is 10.7. The van der Waals surface area contributed by atoms with Gasteiger partial charge in [-0.3, -0.25) is 9.52 Å². The SMILES string of the molecule is C[C@H](NC(=O)c1cccc(S(=O)(=O)Nc2ccc3c(c2)OCO3)c1)c1ccc(-n2cncn2)cc1. The van der Waals surface area contributed by atoms with Crippen LogP contribution in [0.15, 0.2) is 84.3 Å². The van der Waals surface area contributed by atoms with Gasteiger partial charge in [-0.05, 0) is 55.0 Å². The van der Waals surface area contributed by atoms with Crippen molar-refractivity contribution in [3.8, 4) is 17.2 Å². The predicted molar refractivity (Wildman–Crippen MR) is 127 cm³/mol. The molecule has 11 heteroatoms. The van der Waals surface area contributed by atoms with Crippen LogP contribution in [-0.4, -0.2) is 35.9 Å². The number of fused-ring (bicyclic) bond motifs is 1. The fourth-order valence-corrected chi connectivity index (χ4v) is 4.69. The highest BCUT2D eigenvalue weighted by Gasteiger charge is 2.20. The van der Waals surface area contributed by atoms with Crippen LogP contribution in [-0.2, 0) is 10.0 Å². The average Bonchev–Trinajstić information content (AvgIpc) is 3.56. The third-order valence-corrected chi connectivity index (χ3v) is 6.83. The molecule has 1 amide bonds. The molecule has 0 spiro atoms. The highest BCUT2D eigenvalue weighted by atomic mass is 32.2. The fraction of sp³-hybridized carbons (Fsp3) is 0.125. The summed E-state index contributed by atoms with van der Waals surface area (Å²) < 4.78 is 40.5. The van der Waals surface area contributed by atoms with E-state index in [4.69, 9.17) is 9.47 Å². The second-order valence-electron chi connectivity index (χ2n) is 7.83. The van der Waals surface area contributed by atoms with Crippen molar-refractivity contribution in [2.24, 2.45) is 0 Å². The summed E-state index contributed by atoms with van der Waals surface area (Å²) in [6, 6.07) is 17.8. The number of hydrogen-bond donors (Lipinski definition) is 2. The van der Waals surface area contributed by atoms with Crippen LogP contribution in [0.1, 0.15) is 28.9 Å². The number of nitrogens with zero attached hydrogens (tertiary/aromatic N) is 3. The Labute approximate surface area is 201 Å². The Morgan fingerprint density at radius 2 is 1.83 bits per heavy atom. The van der Waals surface area contributed by atoms with Gasteiger partial charge in [0, 0.05) is 11.6 Å². The lowest BCUT2D eigenvalue weighted by molar-refractivity contribution is 0.0939. The summed E-state index contributed by atoms with van der Waals surface area (Å²) in [5.41, 5.74) is 2.28. The number of rotatable bonds is 7. The monoisotopic (exact) mass is 491 g/mol. The summed E-state index contributed by atoms with van der Waals surface area (Å²) >= 11 is 0. The smallest absolute Gasteiger partial charge is 0.261 e. The quantitative estimate of drug-likeness (QED) is 0.406. The van der Waals surface area contributed by atoms with E-state index in [-0.39, 0.29) is 23.3 Å². The molecule has 0 saturated carbocycles. The Balaban J connectivity index is 1.28. The van der Waals surface area contributed by atoms with Crippen LogP contribution in [0.4, 0.5) is 5.69 Å². The third-order valence-electron chi connectivity index (χ3n) is 5.46. The van der Waals surface area contributed by atoms with Crippen molar-refractivity contribution in [1.82, 2.24) is 20.1 Å². The lowest BCUT2D eigenvalue weighted by Crippen LogP contribution is -2.27. The molecule has 1 atom stereocenters. The molecule has 35 heavy (non-hydrogen) atoms. The minimum absolute atomic E-state index is 0.0346. The maximum absolute atomic E-state index is 12.9. The largest absolute Gasteiger partial charge is 0.454 e. The zero-order chi connectivity index (χ0) is 24.4. The van der Waals surface area contributed by atoms with Crippen LogP contribution < -0.4 is 19.5 Å². The van der Waals surface area contributed by atoms with Crippen LogP contribution >= 0.6 is 0 Å². The lowest BCUT2D eigenvalue weighted by Gasteiger charge is -2.15. The molecule has 4 aromatic rings. The highest BCUT2D eigenvalue weighted by molar-refractivity contribution is 7.92. The van der Waals surface area contributed by atoms with Gasteiger partial charge in [-0.15, -0.1) is 0 Å². The number of ether oxygens (including phenoxy) is 2. The van der Waals surface area contributed by atoms with Gasteiger partial charge in [0.15, 0.2) is 11.5 Å². The van der Waals surface area contributed by atoms with Crippen LogP contribution in [0.5, 0.6) is 11.5 Å². The summed E-state index contributed by atoms with van der Waals surface area (Å²) in [4.78, 5) is 16.8. The van der Waals surface area contributed by atoms with Gasteiger partial charge in [0.1, 0.15) is 12.7 Å². The van der Waals surface area contributed by atoms with E-state index < -0.39 is 15.9 Å². The van der Waals surface area contributed by atoms with Crippen LogP contribution in [0.2, 0.25) is 0 Å². The standard InChI is InChI=1S/C24H21N5O5S/c1-16(17-5-8-20(9-6-17)29-14-25-13-26-29)27-24(30)18-3-2-4-21(11-18)35(31,32)28-19-7-10-22-23(12-19)34-15-33-22/h2-14,16,28H,15H2,1H3,(H,27,30)/t16-/m0/s1. The molecule has 0 unspecified atom stereocenters. The van der Waals surface area contributed by atoms with Crippen molar-refractivity contribution in [3.05, 3.63) is 90.5 Å². The normalized spacial score (nSPS) is 13.3. The molecule has 1 aliphatic heterocycles. The maximum atomic E-state index is 12.9. The molecule has 0 saturated heterocycles. The number of carbonyl (C=O) groups excluding carboxylic acids is 1. The number of amides is 1. The molecular weight excluding hydrogens is 470 g/mol. The third kappa shape index (κ3) is 4.80. The Hall–Kier alpha value is -4.38. The number of hydrogen-bond acceptors (Lipinski definition) is 7. The molecule has 1 aromatic heterocycles. The minimum Gasteiger partial charge on any atom is -0.454 e. The highest BCUT2D eigenvalue weighted by Crippen LogP contribution is 2.34. The predicted octanol–water partition coefficient (Wildman–Crippen LogP) is 3.29. The average molecular weight is 492 g/mol. The summed E-state index contributed by atoms with van der Waals surface area (Å²) in [6.45, 7) is 1.94. The Bertz CT molecular complexity index is 1470. The first-order chi connectivity index (χ1) is 16.9. The molecule has 0 bridgehead atoms. The second-order valence-corrected chi connectivity index (χ2v) is 9.51. The van der Waals surface area contributed by atoms with E-state index in [1.165, 1.54) is 24.5 Å². The summed E-state index contributed by atoms with van der Waals surface area (Å²) in [7, 11) is -3.93. The second kappa shape index (κ2) is 9.11. The zero-order valence-electron chi connectivity index (χ0n) is 18.6. The van der Waals surface area contributed by atoms with Crippen molar-refractivity contribution < 1.29 is 22.7 Å². The van der Waals surface area contributed by atoms with Crippen molar-refractivity contribution in [2.75, 3.05) is 11.5 Å². The van der Waals surface area contributed by atoms with Gasteiger partial charge >= 0.3 is 0 Å². The van der Waals surface area contributed by atoms with Gasteiger partial charge in [-0.1, -0.05) is 18.2 Å². The Morgan fingerprint density at radius 3 is 2.60 bits per heavy atom. The van der Waals surface area contributed by atoms with E-state index in [1.54, 1.807) is 35.3 Å². The minimum atomic E-state index is -3.93. The molecule has 5 rings (SSSR count). The van der Waals surface area contributed by atoms with E-state index >= 15 is 0 Å². The number of anilines is 1. The molecule has 0 aliphatic carbocycles. The maximum Gasteiger partial charge on any atom is 0.261 e. The van der Waals surface area contributed by atoms with Crippen molar-refractivity contribution in [1.29, 1.82) is 0 Å². The van der Waals surface area contributed by atoms with E-state index in [1.807, 2.05) is 31.2 Å². The number of sulfonamides is 1. The molecule has 0 radical (unpaired) electrons. The van der Waals surface area contributed by atoms with E-state index in [2.05, 4.69) is 20.1 Å². The van der Waals surface area contributed by atoms with Crippen molar-refractivity contribution in [3.63, 3.8) is 0 Å². The summed E-state index contributed by atoms with van der Waals surface area (Å²) in [5, 5.41) is 6.99. The number of aromatic nitrogens is 3. The van der Waals surface area contributed by atoms with E-state index in [0.717, 1.165) is 11.3 Å². The van der Waals surface area contributed by atoms with Crippen molar-refractivity contribution in [2.45, 2.75) is 17.9 Å². The Morgan fingerprint density at radius 1 is 1.03 bits per heavy atom. The molecule has 0 fully saturated rings. The van der Waals surface area contributed by atoms with E-state index in [0.29, 0.717) is 17.2 Å². The molecule has 178 valence electrons. The Kier molecular flexibility index (Phi) is 5.83. The molecule has 1 aliphatic rings. The van der Waals surface area contributed by atoms with Gasteiger partial charge in [-0.2, -0.15) is 5.10 Å². The van der Waals surface area contributed by atoms with Gasteiger partial charge in [0.25, 0.3) is 15.9 Å². The first kappa shape index (κ1) is 22.4.